The van der Waals surface area contributed by atoms with Crippen LogP contribution in [0, 0.1) is 5.82 Å². The Balaban J connectivity index is 2.21. The van der Waals surface area contributed by atoms with Gasteiger partial charge in [0.15, 0.2) is 6.10 Å². The topological polar surface area (TPSA) is 47.6 Å². The van der Waals surface area contributed by atoms with E-state index in [-0.39, 0.29) is 17.8 Å². The average Bonchev–Trinajstić information content (AvgIpc) is 2.75. The number of halogens is 1. The van der Waals surface area contributed by atoms with Gasteiger partial charge in [-0.15, -0.1) is 0 Å². The fourth-order valence-corrected chi connectivity index (χ4v) is 2.12. The number of ether oxygens (including phenoxy) is 2. The van der Waals surface area contributed by atoms with Crippen LogP contribution >= 0.6 is 0 Å². The number of cyclic esters (lactones) is 1. The summed E-state index contributed by atoms with van der Waals surface area (Å²) in [6, 6.07) is 4.41. The number of hydrogen-bond donors (Lipinski definition) is 1. The number of carbonyl (C=O) groups is 1. The van der Waals surface area contributed by atoms with Gasteiger partial charge >= 0.3 is 5.97 Å². The van der Waals surface area contributed by atoms with E-state index in [0.29, 0.717) is 18.8 Å². The highest BCUT2D eigenvalue weighted by Gasteiger charge is 2.29. The molecule has 104 valence electrons. The molecule has 5 heteroatoms. The summed E-state index contributed by atoms with van der Waals surface area (Å²) in [7, 11) is 0. The van der Waals surface area contributed by atoms with Crippen LogP contribution in [0.2, 0.25) is 0 Å². The van der Waals surface area contributed by atoms with E-state index in [2.05, 4.69) is 5.32 Å². The van der Waals surface area contributed by atoms with Gasteiger partial charge in [-0.05, 0) is 19.5 Å². The molecule has 1 heterocycles. The molecule has 1 aliphatic rings. The molecule has 1 N–H and O–H groups in total. The Hall–Kier alpha value is -1.62. The van der Waals surface area contributed by atoms with Gasteiger partial charge in [0, 0.05) is 24.1 Å². The minimum absolute atomic E-state index is 0.0259. The van der Waals surface area contributed by atoms with Gasteiger partial charge in [0.2, 0.25) is 0 Å². The van der Waals surface area contributed by atoms with Crippen LogP contribution in [0.15, 0.2) is 18.2 Å². The number of esters is 1. The van der Waals surface area contributed by atoms with E-state index >= 15 is 0 Å². The van der Waals surface area contributed by atoms with Crippen LogP contribution in [0.4, 0.5) is 4.39 Å². The molecule has 0 saturated carbocycles. The van der Waals surface area contributed by atoms with Crippen molar-refractivity contribution >= 4 is 5.97 Å². The maximum Gasteiger partial charge on any atom is 0.347 e. The van der Waals surface area contributed by atoms with Crippen molar-refractivity contribution in [1.29, 1.82) is 0 Å². The highest BCUT2D eigenvalue weighted by molar-refractivity contribution is 5.76. The summed E-state index contributed by atoms with van der Waals surface area (Å²) in [5, 5.41) is 3.24. The van der Waals surface area contributed by atoms with Gasteiger partial charge in [0.05, 0.1) is 6.61 Å². The Labute approximate surface area is 111 Å². The summed E-state index contributed by atoms with van der Waals surface area (Å²) in [5.74, 6) is -0.363. The lowest BCUT2D eigenvalue weighted by Gasteiger charge is -2.19. The van der Waals surface area contributed by atoms with Gasteiger partial charge in [-0.3, -0.25) is 0 Å². The Morgan fingerprint density at radius 3 is 3.00 bits per heavy atom. The molecule has 1 aromatic rings. The number of benzene rings is 1. The van der Waals surface area contributed by atoms with Crippen LogP contribution in [0.25, 0.3) is 0 Å². The summed E-state index contributed by atoms with van der Waals surface area (Å²) in [5.41, 5.74) is 0.836. The van der Waals surface area contributed by atoms with Crippen LogP contribution < -0.4 is 10.1 Å². The summed E-state index contributed by atoms with van der Waals surface area (Å²) in [6.07, 6.45) is -0.126. The van der Waals surface area contributed by atoms with E-state index < -0.39 is 6.10 Å². The van der Waals surface area contributed by atoms with Gasteiger partial charge in [0.1, 0.15) is 11.6 Å². The minimum Gasteiger partial charge on any atom is -0.478 e. The molecule has 1 aliphatic heterocycles. The zero-order chi connectivity index (χ0) is 13.8. The molecule has 0 spiro atoms. The number of carbonyl (C=O) groups excluding carboxylic acids is 1. The third-order valence-corrected chi connectivity index (χ3v) is 3.11. The minimum atomic E-state index is -0.630. The van der Waals surface area contributed by atoms with E-state index in [4.69, 9.17) is 9.47 Å². The fourth-order valence-electron chi connectivity index (χ4n) is 2.12. The third kappa shape index (κ3) is 3.23. The molecule has 2 unspecified atom stereocenters. The molecular formula is C14H18FNO3. The quantitative estimate of drug-likeness (QED) is 0.831. The Kier molecular flexibility index (Phi) is 4.37. The molecule has 1 fully saturated rings. The lowest BCUT2D eigenvalue weighted by atomic mass is 10.1. The SMILES string of the molecule is CCNC(C)c1ccc(F)cc1OC1CCOC1=O. The smallest absolute Gasteiger partial charge is 0.347 e. The van der Waals surface area contributed by atoms with Crippen LogP contribution in [-0.4, -0.2) is 25.2 Å². The van der Waals surface area contributed by atoms with Crippen molar-refractivity contribution in [2.45, 2.75) is 32.4 Å². The molecular weight excluding hydrogens is 249 g/mol. The molecule has 0 radical (unpaired) electrons. The van der Waals surface area contributed by atoms with Gasteiger partial charge in [-0.2, -0.15) is 0 Å². The first-order chi connectivity index (χ1) is 9.11. The molecule has 0 aromatic heterocycles. The summed E-state index contributed by atoms with van der Waals surface area (Å²) in [6.45, 7) is 5.12. The molecule has 4 nitrogen and oxygen atoms in total. The zero-order valence-corrected chi connectivity index (χ0v) is 11.1. The number of rotatable bonds is 5. The van der Waals surface area contributed by atoms with Crippen LogP contribution in [0.3, 0.4) is 0 Å². The normalized spacial score (nSPS) is 20.2. The molecule has 19 heavy (non-hydrogen) atoms. The number of hydrogen-bond acceptors (Lipinski definition) is 4. The van der Waals surface area contributed by atoms with Crippen LogP contribution in [0.1, 0.15) is 31.9 Å². The first kappa shape index (κ1) is 13.8. The molecule has 1 saturated heterocycles. The predicted octanol–water partition coefficient (Wildman–Crippen LogP) is 2.19. The van der Waals surface area contributed by atoms with Crippen molar-refractivity contribution in [3.8, 4) is 5.75 Å². The summed E-state index contributed by atoms with van der Waals surface area (Å²) in [4.78, 5) is 11.4. The first-order valence-corrected chi connectivity index (χ1v) is 6.48. The monoisotopic (exact) mass is 267 g/mol. The standard InChI is InChI=1S/C14H18FNO3/c1-3-16-9(2)11-5-4-10(15)8-13(11)19-12-6-7-18-14(12)17/h4-5,8-9,12,16H,3,6-7H2,1-2H3. The fraction of sp³-hybridized carbons (Fsp3) is 0.500. The van der Waals surface area contributed by atoms with Gasteiger partial charge < -0.3 is 14.8 Å². The van der Waals surface area contributed by atoms with E-state index in [1.807, 2.05) is 13.8 Å². The van der Waals surface area contributed by atoms with Crippen molar-refractivity contribution in [3.63, 3.8) is 0 Å². The van der Waals surface area contributed by atoms with E-state index in [1.54, 1.807) is 6.07 Å². The Morgan fingerprint density at radius 2 is 2.37 bits per heavy atom. The molecule has 0 amide bonds. The van der Waals surface area contributed by atoms with Crippen LogP contribution in [-0.2, 0) is 9.53 Å². The van der Waals surface area contributed by atoms with E-state index in [9.17, 15) is 9.18 Å². The molecule has 0 aliphatic carbocycles. The van der Waals surface area contributed by atoms with E-state index in [0.717, 1.165) is 12.1 Å². The molecule has 2 atom stereocenters. The maximum atomic E-state index is 13.4. The van der Waals surface area contributed by atoms with Gasteiger partial charge in [-0.1, -0.05) is 13.0 Å². The van der Waals surface area contributed by atoms with Crippen molar-refractivity contribution < 1.29 is 18.7 Å². The second-order valence-electron chi connectivity index (χ2n) is 4.52. The third-order valence-electron chi connectivity index (χ3n) is 3.11. The van der Waals surface area contributed by atoms with Crippen molar-refractivity contribution in [3.05, 3.63) is 29.6 Å². The maximum absolute atomic E-state index is 13.4. The zero-order valence-electron chi connectivity index (χ0n) is 11.1. The lowest BCUT2D eigenvalue weighted by molar-refractivity contribution is -0.143. The van der Waals surface area contributed by atoms with E-state index in [1.165, 1.54) is 12.1 Å². The first-order valence-electron chi connectivity index (χ1n) is 6.48. The summed E-state index contributed by atoms with van der Waals surface area (Å²) < 4.78 is 23.8. The Morgan fingerprint density at radius 1 is 1.58 bits per heavy atom. The second kappa shape index (κ2) is 6.02. The van der Waals surface area contributed by atoms with Gasteiger partial charge in [-0.25, -0.2) is 9.18 Å². The highest BCUT2D eigenvalue weighted by atomic mass is 19.1. The predicted molar refractivity (Wildman–Crippen MR) is 68.5 cm³/mol. The average molecular weight is 267 g/mol. The van der Waals surface area contributed by atoms with Crippen molar-refractivity contribution in [2.24, 2.45) is 0 Å². The second-order valence-corrected chi connectivity index (χ2v) is 4.52. The summed E-state index contributed by atoms with van der Waals surface area (Å²) >= 11 is 0. The molecule has 1 aromatic carbocycles. The highest BCUT2D eigenvalue weighted by Crippen LogP contribution is 2.28. The van der Waals surface area contributed by atoms with Crippen molar-refractivity contribution in [2.75, 3.05) is 13.2 Å². The largest absolute Gasteiger partial charge is 0.478 e. The Bertz CT molecular complexity index is 464. The van der Waals surface area contributed by atoms with Crippen molar-refractivity contribution in [1.82, 2.24) is 5.32 Å². The van der Waals surface area contributed by atoms with Gasteiger partial charge in [0.25, 0.3) is 0 Å². The number of nitrogens with one attached hydrogen (secondary N) is 1. The van der Waals surface area contributed by atoms with Crippen LogP contribution in [0.5, 0.6) is 5.75 Å². The molecule has 2 rings (SSSR count). The molecule has 0 bridgehead atoms. The lowest BCUT2D eigenvalue weighted by Crippen LogP contribution is -2.24.